The van der Waals surface area contributed by atoms with E-state index in [1.165, 1.54) is 5.56 Å². The molecule has 0 atom stereocenters. The van der Waals surface area contributed by atoms with Gasteiger partial charge in [0.1, 0.15) is 5.65 Å². The molecule has 0 aliphatic rings. The van der Waals surface area contributed by atoms with Gasteiger partial charge in [0, 0.05) is 24.0 Å². The van der Waals surface area contributed by atoms with Gasteiger partial charge in [-0.3, -0.25) is 9.20 Å². The Hall–Kier alpha value is -2.62. The lowest BCUT2D eigenvalue weighted by molar-refractivity contribution is 0.672. The maximum atomic E-state index is 12.4. The molecule has 0 fully saturated rings. The van der Waals surface area contributed by atoms with Crippen LogP contribution in [0, 0.1) is 13.8 Å². The van der Waals surface area contributed by atoms with Gasteiger partial charge in [0.2, 0.25) is 0 Å². The summed E-state index contributed by atoms with van der Waals surface area (Å²) in [5, 5.41) is 0. The Morgan fingerprint density at radius 3 is 2.50 bits per heavy atom. The fourth-order valence-electron chi connectivity index (χ4n) is 2.87. The van der Waals surface area contributed by atoms with Crippen molar-refractivity contribution in [2.45, 2.75) is 40.3 Å². The fraction of sp³-hybridized carbons (Fsp3) is 0.300. The van der Waals surface area contributed by atoms with E-state index >= 15 is 0 Å². The van der Waals surface area contributed by atoms with E-state index in [0.29, 0.717) is 12.6 Å². The minimum Gasteiger partial charge on any atom is -0.363 e. The first-order chi connectivity index (χ1) is 11.5. The highest BCUT2D eigenvalue weighted by Gasteiger charge is 2.13. The van der Waals surface area contributed by atoms with Crippen LogP contribution in [0.5, 0.6) is 0 Å². The quantitative estimate of drug-likeness (QED) is 0.735. The summed E-state index contributed by atoms with van der Waals surface area (Å²) < 4.78 is 1.60. The van der Waals surface area contributed by atoms with Gasteiger partial charge in [0.15, 0.2) is 0 Å². The van der Waals surface area contributed by atoms with Crippen LogP contribution in [0.15, 0.2) is 53.5 Å². The van der Waals surface area contributed by atoms with Gasteiger partial charge < -0.3 is 4.90 Å². The topological polar surface area (TPSA) is 37.6 Å². The molecule has 24 heavy (non-hydrogen) atoms. The molecule has 4 heteroatoms. The molecule has 3 aromatic rings. The molecule has 0 radical (unpaired) electrons. The third-order valence-corrected chi connectivity index (χ3v) is 4.26. The fourth-order valence-corrected chi connectivity index (χ4v) is 2.87. The van der Waals surface area contributed by atoms with Crippen molar-refractivity contribution in [1.82, 2.24) is 9.38 Å². The molecule has 3 rings (SSSR count). The molecule has 0 N–H and O–H groups in total. The molecule has 0 bridgehead atoms. The monoisotopic (exact) mass is 321 g/mol. The number of pyridine rings is 1. The zero-order valence-corrected chi connectivity index (χ0v) is 14.7. The highest BCUT2D eigenvalue weighted by atomic mass is 16.1. The number of aryl methyl sites for hydroxylation is 2. The van der Waals surface area contributed by atoms with Crippen LogP contribution in [-0.4, -0.2) is 15.4 Å². The summed E-state index contributed by atoms with van der Waals surface area (Å²) in [6, 6.07) is 14.3. The molecule has 1 aromatic carbocycles. The Morgan fingerprint density at radius 1 is 1.12 bits per heavy atom. The Bertz CT molecular complexity index is 910. The van der Waals surface area contributed by atoms with Crippen molar-refractivity contribution in [3.63, 3.8) is 0 Å². The van der Waals surface area contributed by atoms with E-state index in [0.717, 1.165) is 22.6 Å². The lowest BCUT2D eigenvalue weighted by Crippen LogP contribution is -2.31. The predicted molar refractivity (Wildman–Crippen MR) is 98.7 cm³/mol. The number of hydrogen-bond acceptors (Lipinski definition) is 3. The van der Waals surface area contributed by atoms with Crippen molar-refractivity contribution in [3.8, 4) is 0 Å². The molecule has 0 amide bonds. The lowest BCUT2D eigenvalue weighted by Gasteiger charge is -2.29. The number of nitrogens with zero attached hydrogens (tertiary/aromatic N) is 3. The average molecular weight is 321 g/mol. The van der Waals surface area contributed by atoms with Gasteiger partial charge in [-0.05, 0) is 51.5 Å². The van der Waals surface area contributed by atoms with Gasteiger partial charge in [-0.15, -0.1) is 0 Å². The summed E-state index contributed by atoms with van der Waals surface area (Å²) in [6.07, 6.45) is 1.77. The van der Waals surface area contributed by atoms with Crippen molar-refractivity contribution >= 4 is 11.3 Å². The van der Waals surface area contributed by atoms with Gasteiger partial charge in [0.25, 0.3) is 5.56 Å². The second-order valence-electron chi connectivity index (χ2n) is 6.53. The second kappa shape index (κ2) is 6.48. The summed E-state index contributed by atoms with van der Waals surface area (Å²) in [7, 11) is 0. The molecular weight excluding hydrogens is 298 g/mol. The van der Waals surface area contributed by atoms with E-state index in [1.807, 2.05) is 19.1 Å². The van der Waals surface area contributed by atoms with Crippen LogP contribution < -0.4 is 10.5 Å². The van der Waals surface area contributed by atoms with Crippen LogP contribution in [0.25, 0.3) is 5.65 Å². The molecule has 0 spiro atoms. The highest BCUT2D eigenvalue weighted by Crippen LogP contribution is 2.20. The first-order valence-corrected chi connectivity index (χ1v) is 8.27. The number of fused-ring (bicyclic) bond motifs is 1. The molecule has 2 aromatic heterocycles. The van der Waals surface area contributed by atoms with Crippen LogP contribution in [0.2, 0.25) is 0 Å². The van der Waals surface area contributed by atoms with E-state index in [-0.39, 0.29) is 5.56 Å². The molecular formula is C20H23N3O. The first-order valence-electron chi connectivity index (χ1n) is 8.27. The van der Waals surface area contributed by atoms with Crippen LogP contribution in [-0.2, 0) is 6.54 Å². The lowest BCUT2D eigenvalue weighted by atomic mass is 10.1. The van der Waals surface area contributed by atoms with Gasteiger partial charge in [0.05, 0.1) is 12.2 Å². The molecule has 124 valence electrons. The summed E-state index contributed by atoms with van der Waals surface area (Å²) >= 11 is 0. The minimum atomic E-state index is -0.0358. The van der Waals surface area contributed by atoms with Gasteiger partial charge in [-0.2, -0.15) is 0 Å². The third kappa shape index (κ3) is 3.18. The Balaban J connectivity index is 2.01. The van der Waals surface area contributed by atoms with Gasteiger partial charge in [-0.25, -0.2) is 4.98 Å². The summed E-state index contributed by atoms with van der Waals surface area (Å²) in [5.74, 6) is 0. The zero-order chi connectivity index (χ0) is 17.3. The van der Waals surface area contributed by atoms with Crippen LogP contribution in [0.3, 0.4) is 0 Å². The average Bonchev–Trinajstić information content (AvgIpc) is 2.54. The second-order valence-corrected chi connectivity index (χ2v) is 6.53. The molecule has 0 saturated carbocycles. The Labute approximate surface area is 142 Å². The van der Waals surface area contributed by atoms with Gasteiger partial charge in [-0.1, -0.05) is 23.8 Å². The minimum absolute atomic E-state index is 0.0358. The zero-order valence-electron chi connectivity index (χ0n) is 14.7. The largest absolute Gasteiger partial charge is 0.363 e. The number of anilines is 1. The Kier molecular flexibility index (Phi) is 4.38. The number of hydrogen-bond donors (Lipinski definition) is 0. The number of rotatable bonds is 4. The van der Waals surface area contributed by atoms with E-state index in [4.69, 9.17) is 4.98 Å². The molecule has 2 heterocycles. The molecule has 0 saturated heterocycles. The van der Waals surface area contributed by atoms with E-state index < -0.39 is 0 Å². The highest BCUT2D eigenvalue weighted by molar-refractivity contribution is 5.50. The molecule has 4 nitrogen and oxygen atoms in total. The van der Waals surface area contributed by atoms with Crippen LogP contribution in [0.4, 0.5) is 5.69 Å². The van der Waals surface area contributed by atoms with Crippen molar-refractivity contribution in [2.24, 2.45) is 0 Å². The molecule has 0 aliphatic heterocycles. The SMILES string of the molecule is Cc1ccc(N(Cc2cc(=O)n3cccc(C)c3n2)C(C)C)cc1. The maximum absolute atomic E-state index is 12.4. The van der Waals surface area contributed by atoms with Gasteiger partial charge >= 0.3 is 0 Å². The summed E-state index contributed by atoms with van der Waals surface area (Å²) in [5.41, 5.74) is 4.87. The summed E-state index contributed by atoms with van der Waals surface area (Å²) in [4.78, 5) is 19.4. The normalized spacial score (nSPS) is 11.2. The first kappa shape index (κ1) is 16.2. The van der Waals surface area contributed by atoms with Crippen molar-refractivity contribution in [2.75, 3.05) is 4.90 Å². The van der Waals surface area contributed by atoms with Crippen LogP contribution >= 0.6 is 0 Å². The molecule has 0 aliphatic carbocycles. The standard InChI is InChI=1S/C20H23N3O/c1-14(2)23(18-9-7-15(3)8-10-18)13-17-12-19(24)22-11-5-6-16(4)20(22)21-17/h5-12,14H,13H2,1-4H3. The predicted octanol–water partition coefficient (Wildman–Crippen LogP) is 3.73. The van der Waals surface area contributed by atoms with E-state index in [2.05, 4.69) is 49.9 Å². The smallest absolute Gasteiger partial charge is 0.258 e. The van der Waals surface area contributed by atoms with Crippen molar-refractivity contribution in [3.05, 3.63) is 75.8 Å². The van der Waals surface area contributed by atoms with Crippen molar-refractivity contribution < 1.29 is 0 Å². The van der Waals surface area contributed by atoms with Crippen molar-refractivity contribution in [1.29, 1.82) is 0 Å². The van der Waals surface area contributed by atoms with E-state index in [9.17, 15) is 4.79 Å². The molecule has 0 unspecified atom stereocenters. The third-order valence-electron chi connectivity index (χ3n) is 4.26. The maximum Gasteiger partial charge on any atom is 0.258 e. The Morgan fingerprint density at radius 2 is 1.83 bits per heavy atom. The number of aromatic nitrogens is 2. The van der Waals surface area contributed by atoms with Crippen LogP contribution in [0.1, 0.15) is 30.7 Å². The number of benzene rings is 1. The summed E-state index contributed by atoms with van der Waals surface area (Å²) in [6.45, 7) is 8.97. The van der Waals surface area contributed by atoms with E-state index in [1.54, 1.807) is 16.7 Å².